The average Bonchev–Trinajstić information content (AvgIpc) is 2.82. The van der Waals surface area contributed by atoms with Crippen molar-refractivity contribution in [2.45, 2.75) is 44.7 Å². The van der Waals surface area contributed by atoms with Gasteiger partial charge < -0.3 is 19.7 Å². The van der Waals surface area contributed by atoms with Crippen LogP contribution in [0.3, 0.4) is 0 Å². The summed E-state index contributed by atoms with van der Waals surface area (Å²) < 4.78 is 46.0. The minimum atomic E-state index is -4.74. The third-order valence-electron chi connectivity index (χ3n) is 5.94. The first-order chi connectivity index (χ1) is 16.7. The Morgan fingerprint density at radius 2 is 1.71 bits per heavy atom. The molecule has 1 aromatic heterocycles. The maximum atomic E-state index is 12.5. The van der Waals surface area contributed by atoms with E-state index in [1.165, 1.54) is 24.3 Å². The molecule has 1 aliphatic carbocycles. The van der Waals surface area contributed by atoms with E-state index in [9.17, 15) is 18.0 Å². The SMILES string of the molecule is CN(C)c1nc(NC2CCC(C(=O)OCc3ccc(OC(F)(F)F)cc3)CC2)nc2ccccc12. The van der Waals surface area contributed by atoms with E-state index in [0.717, 1.165) is 29.6 Å². The maximum absolute atomic E-state index is 12.5. The predicted octanol–water partition coefficient (Wildman–Crippen LogP) is 5.31. The van der Waals surface area contributed by atoms with Gasteiger partial charge in [0, 0.05) is 25.5 Å². The molecule has 2 aromatic carbocycles. The van der Waals surface area contributed by atoms with Crippen LogP contribution < -0.4 is 15.0 Å². The summed E-state index contributed by atoms with van der Waals surface area (Å²) >= 11 is 0. The normalized spacial score (nSPS) is 18.2. The Bertz CT molecular complexity index is 1160. The number of anilines is 2. The van der Waals surface area contributed by atoms with Gasteiger partial charge in [-0.15, -0.1) is 13.2 Å². The van der Waals surface area contributed by atoms with Gasteiger partial charge in [0.25, 0.3) is 0 Å². The molecule has 0 unspecified atom stereocenters. The van der Waals surface area contributed by atoms with Crippen molar-refractivity contribution in [3.63, 3.8) is 0 Å². The third kappa shape index (κ3) is 6.52. The first-order valence-corrected chi connectivity index (χ1v) is 11.4. The van der Waals surface area contributed by atoms with E-state index < -0.39 is 6.36 Å². The molecule has 0 saturated heterocycles. The van der Waals surface area contributed by atoms with Gasteiger partial charge in [0.05, 0.1) is 11.4 Å². The molecule has 10 heteroatoms. The lowest BCUT2D eigenvalue weighted by Crippen LogP contribution is -2.31. The zero-order valence-corrected chi connectivity index (χ0v) is 19.5. The number of hydrogen-bond acceptors (Lipinski definition) is 7. The van der Waals surface area contributed by atoms with Crippen molar-refractivity contribution in [2.24, 2.45) is 5.92 Å². The molecule has 1 N–H and O–H groups in total. The Labute approximate surface area is 201 Å². The van der Waals surface area contributed by atoms with Crippen molar-refractivity contribution in [2.75, 3.05) is 24.3 Å². The van der Waals surface area contributed by atoms with Crippen LogP contribution in [0, 0.1) is 5.92 Å². The number of rotatable bonds is 7. The second-order valence-corrected chi connectivity index (χ2v) is 8.77. The molecule has 3 aromatic rings. The topological polar surface area (TPSA) is 76.6 Å². The largest absolute Gasteiger partial charge is 0.573 e. The van der Waals surface area contributed by atoms with Gasteiger partial charge in [-0.1, -0.05) is 24.3 Å². The van der Waals surface area contributed by atoms with Crippen LogP contribution in [0.25, 0.3) is 10.9 Å². The molecule has 1 saturated carbocycles. The van der Waals surface area contributed by atoms with Gasteiger partial charge in [0.1, 0.15) is 18.2 Å². The molecule has 1 aliphatic rings. The highest BCUT2D eigenvalue weighted by molar-refractivity contribution is 5.90. The first-order valence-electron chi connectivity index (χ1n) is 11.4. The summed E-state index contributed by atoms with van der Waals surface area (Å²) in [5.41, 5.74) is 1.46. The maximum Gasteiger partial charge on any atom is 0.573 e. The number of benzene rings is 2. The fourth-order valence-electron chi connectivity index (χ4n) is 4.18. The number of halogens is 3. The van der Waals surface area contributed by atoms with Crippen LogP contribution in [0.5, 0.6) is 5.75 Å². The van der Waals surface area contributed by atoms with Gasteiger partial charge in [-0.2, -0.15) is 4.98 Å². The summed E-state index contributed by atoms with van der Waals surface area (Å²) in [6.45, 7) is 0.00154. The van der Waals surface area contributed by atoms with Gasteiger partial charge in [-0.25, -0.2) is 4.98 Å². The van der Waals surface area contributed by atoms with Crippen molar-refractivity contribution in [3.05, 3.63) is 54.1 Å². The molecule has 4 rings (SSSR count). The first kappa shape index (κ1) is 24.6. The second-order valence-electron chi connectivity index (χ2n) is 8.77. The summed E-state index contributed by atoms with van der Waals surface area (Å²) in [4.78, 5) is 23.8. The fraction of sp³-hybridized carbons (Fsp3) is 0.400. The van der Waals surface area contributed by atoms with Crippen LogP contribution in [-0.4, -0.2) is 42.4 Å². The molecule has 186 valence electrons. The zero-order valence-electron chi connectivity index (χ0n) is 19.5. The number of nitrogens with one attached hydrogen (secondary N) is 1. The summed E-state index contributed by atoms with van der Waals surface area (Å²) in [7, 11) is 3.89. The number of carbonyl (C=O) groups excluding carboxylic acids is 1. The van der Waals surface area contributed by atoms with Gasteiger partial charge in [-0.05, 0) is 55.5 Å². The molecular weight excluding hydrogens is 461 g/mol. The minimum absolute atomic E-state index is 0.00154. The fourth-order valence-corrected chi connectivity index (χ4v) is 4.18. The lowest BCUT2D eigenvalue weighted by Gasteiger charge is -2.28. The molecule has 0 radical (unpaired) electrons. The number of esters is 1. The van der Waals surface area contributed by atoms with Crippen LogP contribution >= 0.6 is 0 Å². The van der Waals surface area contributed by atoms with Crippen LogP contribution in [0.15, 0.2) is 48.5 Å². The number of ether oxygens (including phenoxy) is 2. The van der Waals surface area contributed by atoms with Crippen LogP contribution in [0.1, 0.15) is 31.2 Å². The molecule has 1 fully saturated rings. The Balaban J connectivity index is 1.28. The third-order valence-corrected chi connectivity index (χ3v) is 5.94. The van der Waals surface area contributed by atoms with Crippen LogP contribution in [-0.2, 0) is 16.1 Å². The summed E-state index contributed by atoms with van der Waals surface area (Å²) in [5.74, 6) is 0.586. The molecule has 0 spiro atoms. The number of para-hydroxylation sites is 1. The highest BCUT2D eigenvalue weighted by Gasteiger charge is 2.31. The number of nitrogens with zero attached hydrogens (tertiary/aromatic N) is 3. The lowest BCUT2D eigenvalue weighted by molar-refractivity contribution is -0.274. The average molecular weight is 489 g/mol. The van der Waals surface area contributed by atoms with Gasteiger partial charge in [0.2, 0.25) is 5.95 Å². The van der Waals surface area contributed by atoms with E-state index in [4.69, 9.17) is 4.74 Å². The highest BCUT2D eigenvalue weighted by Crippen LogP contribution is 2.29. The molecule has 0 bridgehead atoms. The molecule has 0 aliphatic heterocycles. The monoisotopic (exact) mass is 488 g/mol. The molecular formula is C25H27F3N4O3. The van der Waals surface area contributed by atoms with Crippen molar-refractivity contribution in [1.29, 1.82) is 0 Å². The van der Waals surface area contributed by atoms with Gasteiger partial charge in [-0.3, -0.25) is 4.79 Å². The lowest BCUT2D eigenvalue weighted by atomic mass is 9.86. The Morgan fingerprint density at radius 1 is 1.03 bits per heavy atom. The van der Waals surface area contributed by atoms with Crippen molar-refractivity contribution in [3.8, 4) is 5.75 Å². The number of hydrogen-bond donors (Lipinski definition) is 1. The van der Waals surface area contributed by atoms with E-state index in [1.54, 1.807) is 0 Å². The van der Waals surface area contributed by atoms with E-state index >= 15 is 0 Å². The summed E-state index contributed by atoms with van der Waals surface area (Å²) in [6.07, 6.45) is -1.85. The zero-order chi connectivity index (χ0) is 25.0. The number of alkyl halides is 3. The van der Waals surface area contributed by atoms with E-state index in [0.29, 0.717) is 24.4 Å². The second kappa shape index (κ2) is 10.4. The van der Waals surface area contributed by atoms with Crippen molar-refractivity contribution in [1.82, 2.24) is 9.97 Å². The predicted molar refractivity (Wildman–Crippen MR) is 126 cm³/mol. The Morgan fingerprint density at radius 3 is 2.37 bits per heavy atom. The molecule has 0 atom stereocenters. The number of aromatic nitrogens is 2. The number of fused-ring (bicyclic) bond motifs is 1. The molecule has 35 heavy (non-hydrogen) atoms. The van der Waals surface area contributed by atoms with Crippen LogP contribution in [0.2, 0.25) is 0 Å². The summed E-state index contributed by atoms with van der Waals surface area (Å²) in [6, 6.07) is 13.3. The van der Waals surface area contributed by atoms with Crippen LogP contribution in [0.4, 0.5) is 24.9 Å². The quantitative estimate of drug-likeness (QED) is 0.452. The Hall–Kier alpha value is -3.56. The minimum Gasteiger partial charge on any atom is -0.461 e. The smallest absolute Gasteiger partial charge is 0.461 e. The number of carbonyl (C=O) groups is 1. The summed E-state index contributed by atoms with van der Waals surface area (Å²) in [5, 5.41) is 4.40. The van der Waals surface area contributed by atoms with Gasteiger partial charge >= 0.3 is 12.3 Å². The standard InChI is InChI=1S/C25H27F3N4O3/c1-32(2)22-20-5-3-4-6-21(20)30-24(31-22)29-18-11-9-17(10-12-18)23(33)34-15-16-7-13-19(14-8-16)35-25(26,27)28/h3-8,13-14,17-18H,9-12,15H2,1-2H3,(H,29,30,31). The Kier molecular flexibility index (Phi) is 7.28. The van der Waals surface area contributed by atoms with E-state index in [1.807, 2.05) is 43.3 Å². The van der Waals surface area contributed by atoms with Gasteiger partial charge in [0.15, 0.2) is 0 Å². The van der Waals surface area contributed by atoms with Crippen molar-refractivity contribution >= 4 is 28.6 Å². The van der Waals surface area contributed by atoms with E-state index in [2.05, 4.69) is 20.0 Å². The molecule has 0 amide bonds. The molecule has 7 nitrogen and oxygen atoms in total. The molecule has 1 heterocycles. The van der Waals surface area contributed by atoms with Crippen molar-refractivity contribution < 1.29 is 27.4 Å². The van der Waals surface area contributed by atoms with E-state index in [-0.39, 0.29) is 30.3 Å². The highest BCUT2D eigenvalue weighted by atomic mass is 19.4.